The van der Waals surface area contributed by atoms with E-state index in [2.05, 4.69) is 0 Å². The van der Waals surface area contributed by atoms with Crippen LogP contribution in [0, 0.1) is 5.92 Å². The van der Waals surface area contributed by atoms with Crippen LogP contribution in [0.4, 0.5) is 4.79 Å². The van der Waals surface area contributed by atoms with Crippen molar-refractivity contribution in [3.8, 4) is 0 Å². The van der Waals surface area contributed by atoms with Crippen LogP contribution in [0.3, 0.4) is 0 Å². The third-order valence-electron chi connectivity index (χ3n) is 4.09. The van der Waals surface area contributed by atoms with Crippen molar-refractivity contribution < 1.29 is 19.1 Å². The lowest BCUT2D eigenvalue weighted by atomic mass is 9.81. The first-order chi connectivity index (χ1) is 9.69. The fourth-order valence-corrected chi connectivity index (χ4v) is 2.93. The molecule has 5 nitrogen and oxygen atoms in total. The Hall–Kier alpha value is -1.26. The topological polar surface area (TPSA) is 55.8 Å². The molecule has 0 N–H and O–H groups in total. The highest BCUT2D eigenvalue weighted by Crippen LogP contribution is 2.39. The number of esters is 1. The van der Waals surface area contributed by atoms with Crippen LogP contribution in [-0.2, 0) is 14.3 Å². The first kappa shape index (κ1) is 17.8. The molecule has 122 valence electrons. The maximum atomic E-state index is 12.6. The molecule has 0 spiro atoms. The van der Waals surface area contributed by atoms with Crippen LogP contribution in [0.5, 0.6) is 0 Å². The largest absolute Gasteiger partial charge is 0.464 e. The minimum absolute atomic E-state index is 0.0339. The highest BCUT2D eigenvalue weighted by atomic mass is 16.6. The van der Waals surface area contributed by atoms with E-state index in [1.54, 1.807) is 11.8 Å². The van der Waals surface area contributed by atoms with Crippen LogP contribution < -0.4 is 0 Å². The number of likely N-dealkylation sites (tertiary alicyclic amines) is 1. The predicted molar refractivity (Wildman–Crippen MR) is 81.0 cm³/mol. The van der Waals surface area contributed by atoms with Gasteiger partial charge in [0.25, 0.3) is 0 Å². The molecule has 1 aliphatic heterocycles. The number of amides is 1. The highest BCUT2D eigenvalue weighted by molar-refractivity contribution is 5.87. The minimum atomic E-state index is -0.882. The van der Waals surface area contributed by atoms with E-state index in [0.717, 1.165) is 12.8 Å². The monoisotopic (exact) mass is 299 g/mol. The number of hydrogen-bond donors (Lipinski definition) is 0. The maximum Gasteiger partial charge on any atom is 0.411 e. The van der Waals surface area contributed by atoms with Crippen LogP contribution >= 0.6 is 0 Å². The van der Waals surface area contributed by atoms with Gasteiger partial charge in [0.15, 0.2) is 0 Å². The van der Waals surface area contributed by atoms with E-state index >= 15 is 0 Å². The highest BCUT2D eigenvalue weighted by Gasteiger charge is 2.54. The minimum Gasteiger partial charge on any atom is -0.464 e. The lowest BCUT2D eigenvalue weighted by Gasteiger charge is -2.40. The molecule has 0 radical (unpaired) electrons. The van der Waals surface area contributed by atoms with Crippen LogP contribution in [0.2, 0.25) is 0 Å². The van der Waals surface area contributed by atoms with E-state index in [0.29, 0.717) is 19.6 Å². The molecule has 1 aliphatic rings. The van der Waals surface area contributed by atoms with Gasteiger partial charge in [-0.2, -0.15) is 0 Å². The summed E-state index contributed by atoms with van der Waals surface area (Å²) in [6, 6.07) is 0. The SMILES string of the molecule is CCOC(=O)[C@@]1([C@@H](C)CC)CCCN1C(=O)OC(C)(C)C. The smallest absolute Gasteiger partial charge is 0.411 e. The molecule has 1 rings (SSSR count). The Kier molecular flexibility index (Phi) is 5.65. The van der Waals surface area contributed by atoms with Crippen LogP contribution in [-0.4, -0.2) is 41.3 Å². The zero-order valence-electron chi connectivity index (χ0n) is 14.2. The molecule has 0 aromatic heterocycles. The summed E-state index contributed by atoms with van der Waals surface area (Å²) in [6.45, 7) is 12.2. The van der Waals surface area contributed by atoms with Gasteiger partial charge in [0.2, 0.25) is 0 Å². The predicted octanol–water partition coefficient (Wildman–Crippen LogP) is 3.37. The fourth-order valence-electron chi connectivity index (χ4n) is 2.93. The van der Waals surface area contributed by atoms with E-state index in [4.69, 9.17) is 9.47 Å². The van der Waals surface area contributed by atoms with Crippen molar-refractivity contribution >= 4 is 12.1 Å². The normalized spacial score (nSPS) is 23.8. The summed E-state index contributed by atoms with van der Waals surface area (Å²) >= 11 is 0. The molecule has 1 amide bonds. The number of ether oxygens (including phenoxy) is 2. The number of nitrogens with zero attached hydrogens (tertiary/aromatic N) is 1. The van der Waals surface area contributed by atoms with Gasteiger partial charge in [-0.15, -0.1) is 0 Å². The molecule has 0 bridgehead atoms. The fraction of sp³-hybridized carbons (Fsp3) is 0.875. The van der Waals surface area contributed by atoms with Crippen molar-refractivity contribution in [3.63, 3.8) is 0 Å². The van der Waals surface area contributed by atoms with E-state index in [9.17, 15) is 9.59 Å². The van der Waals surface area contributed by atoms with Crippen molar-refractivity contribution in [1.29, 1.82) is 0 Å². The van der Waals surface area contributed by atoms with E-state index in [-0.39, 0.29) is 11.9 Å². The van der Waals surface area contributed by atoms with Gasteiger partial charge in [0.05, 0.1) is 6.61 Å². The molecule has 0 aromatic carbocycles. The van der Waals surface area contributed by atoms with E-state index < -0.39 is 17.2 Å². The molecule has 5 heteroatoms. The van der Waals surface area contributed by atoms with Gasteiger partial charge in [0.1, 0.15) is 11.1 Å². The number of carbonyl (C=O) groups excluding carboxylic acids is 2. The zero-order chi connectivity index (χ0) is 16.3. The average molecular weight is 299 g/mol. The van der Waals surface area contributed by atoms with Crippen molar-refractivity contribution in [2.24, 2.45) is 5.92 Å². The Morgan fingerprint density at radius 2 is 1.90 bits per heavy atom. The lowest BCUT2D eigenvalue weighted by molar-refractivity contribution is -0.159. The second kappa shape index (κ2) is 6.67. The molecule has 21 heavy (non-hydrogen) atoms. The molecule has 0 aliphatic carbocycles. The van der Waals surface area contributed by atoms with Gasteiger partial charge in [-0.05, 0) is 46.5 Å². The molecular formula is C16H29NO4. The van der Waals surface area contributed by atoms with Gasteiger partial charge in [-0.1, -0.05) is 20.3 Å². The van der Waals surface area contributed by atoms with Crippen LogP contribution in [0.25, 0.3) is 0 Å². The van der Waals surface area contributed by atoms with Crippen LogP contribution in [0.15, 0.2) is 0 Å². The summed E-state index contributed by atoms with van der Waals surface area (Å²) in [5.74, 6) is -0.269. The summed E-state index contributed by atoms with van der Waals surface area (Å²) in [7, 11) is 0. The Balaban J connectivity index is 3.10. The van der Waals surface area contributed by atoms with Gasteiger partial charge < -0.3 is 9.47 Å². The molecule has 0 unspecified atom stereocenters. The summed E-state index contributed by atoms with van der Waals surface area (Å²) in [5.41, 5.74) is -1.46. The summed E-state index contributed by atoms with van der Waals surface area (Å²) in [5, 5.41) is 0. The standard InChI is InChI=1S/C16H29NO4/c1-7-12(3)16(13(18)20-8-2)10-9-11-17(16)14(19)21-15(4,5)6/h12H,7-11H2,1-6H3/t12-,16-/m0/s1. The Morgan fingerprint density at radius 1 is 1.29 bits per heavy atom. The Morgan fingerprint density at radius 3 is 2.38 bits per heavy atom. The van der Waals surface area contributed by atoms with Crippen molar-refractivity contribution in [3.05, 3.63) is 0 Å². The molecule has 1 heterocycles. The van der Waals surface area contributed by atoms with Gasteiger partial charge in [0, 0.05) is 6.54 Å². The third-order valence-corrected chi connectivity index (χ3v) is 4.09. The van der Waals surface area contributed by atoms with E-state index in [1.165, 1.54) is 0 Å². The van der Waals surface area contributed by atoms with Crippen molar-refractivity contribution in [1.82, 2.24) is 4.90 Å². The zero-order valence-corrected chi connectivity index (χ0v) is 14.2. The average Bonchev–Trinajstić information content (AvgIpc) is 2.81. The Labute approximate surface area is 128 Å². The second-order valence-corrected chi connectivity index (χ2v) is 6.69. The van der Waals surface area contributed by atoms with Gasteiger partial charge in [-0.25, -0.2) is 9.59 Å². The number of hydrogen-bond acceptors (Lipinski definition) is 4. The number of carbonyl (C=O) groups is 2. The quantitative estimate of drug-likeness (QED) is 0.747. The molecule has 0 saturated carbocycles. The first-order valence-electron chi connectivity index (χ1n) is 7.86. The molecule has 2 atom stereocenters. The Bertz CT molecular complexity index is 388. The van der Waals surface area contributed by atoms with E-state index in [1.807, 2.05) is 34.6 Å². The first-order valence-corrected chi connectivity index (χ1v) is 7.86. The van der Waals surface area contributed by atoms with Gasteiger partial charge >= 0.3 is 12.1 Å². The van der Waals surface area contributed by atoms with Crippen molar-refractivity contribution in [2.45, 2.75) is 71.9 Å². The molecule has 1 fully saturated rings. The summed E-state index contributed by atoms with van der Waals surface area (Å²) in [6.07, 6.45) is 1.81. The van der Waals surface area contributed by atoms with Crippen molar-refractivity contribution in [2.75, 3.05) is 13.2 Å². The third kappa shape index (κ3) is 3.69. The maximum absolute atomic E-state index is 12.6. The molecule has 1 saturated heterocycles. The summed E-state index contributed by atoms with van der Waals surface area (Å²) in [4.78, 5) is 26.7. The van der Waals surface area contributed by atoms with Gasteiger partial charge in [-0.3, -0.25) is 4.90 Å². The van der Waals surface area contributed by atoms with Crippen LogP contribution in [0.1, 0.15) is 60.8 Å². The lowest BCUT2D eigenvalue weighted by Crippen LogP contribution is -2.58. The number of rotatable bonds is 4. The molecular weight excluding hydrogens is 270 g/mol. The summed E-state index contributed by atoms with van der Waals surface area (Å²) < 4.78 is 10.8. The second-order valence-electron chi connectivity index (χ2n) is 6.69. The molecule has 0 aromatic rings.